The van der Waals surface area contributed by atoms with Gasteiger partial charge in [-0.3, -0.25) is 0 Å². The van der Waals surface area contributed by atoms with Crippen LogP contribution in [0.3, 0.4) is 0 Å². The van der Waals surface area contributed by atoms with E-state index in [0.717, 1.165) is 0 Å². The van der Waals surface area contributed by atoms with Crippen molar-refractivity contribution >= 4 is 32.6 Å². The Hall–Kier alpha value is -1.92. The predicted octanol–water partition coefficient (Wildman–Crippen LogP) is 3.69. The molecule has 2 aromatic carbocycles. The Labute approximate surface area is 134 Å². The van der Waals surface area contributed by atoms with Crippen LogP contribution in [0.25, 0.3) is 0 Å². The standard InChI is InChI=1S/C15H12ClFN2O2S/c1-9(10-5-2-3-7-12(10)17)11-6-4-8-13-14(11)18-15(16)19-22(13,20)21/h2-9H,1H3,(H,18,19)/i6D. The van der Waals surface area contributed by atoms with Crippen molar-refractivity contribution in [2.75, 3.05) is 5.32 Å². The number of nitrogens with zero attached hydrogens (tertiary/aromatic N) is 1. The summed E-state index contributed by atoms with van der Waals surface area (Å²) in [5.74, 6) is -0.959. The number of hydrogen-bond donors (Lipinski definition) is 1. The first-order valence-corrected chi connectivity index (χ1v) is 8.28. The summed E-state index contributed by atoms with van der Waals surface area (Å²) in [5, 5.41) is 2.39. The molecule has 1 aliphatic heterocycles. The minimum absolute atomic E-state index is 0.0731. The molecule has 4 nitrogen and oxygen atoms in total. The highest BCUT2D eigenvalue weighted by atomic mass is 35.5. The minimum Gasteiger partial charge on any atom is -0.328 e. The van der Waals surface area contributed by atoms with Crippen LogP contribution in [0.15, 0.2) is 51.7 Å². The second-order valence-electron chi connectivity index (χ2n) is 4.86. The molecular formula is C15H12ClFN2O2S. The summed E-state index contributed by atoms with van der Waals surface area (Å²) in [4.78, 5) is -0.0731. The number of benzene rings is 2. The van der Waals surface area contributed by atoms with E-state index < -0.39 is 21.8 Å². The van der Waals surface area contributed by atoms with Gasteiger partial charge in [-0.15, -0.1) is 4.40 Å². The first kappa shape index (κ1) is 13.7. The fourth-order valence-corrected chi connectivity index (χ4v) is 3.82. The SMILES string of the molecule is [2H]c1ccc2c(c1C(C)c1ccccc1F)NC(Cl)=NS2(=O)=O. The van der Waals surface area contributed by atoms with Crippen LogP contribution in [0.1, 0.15) is 25.3 Å². The van der Waals surface area contributed by atoms with Crippen LogP contribution in [-0.2, 0) is 10.0 Å². The maximum absolute atomic E-state index is 14.1. The average molecular weight is 340 g/mol. The molecule has 1 N–H and O–H groups in total. The molecule has 0 amide bonds. The van der Waals surface area contributed by atoms with Crippen molar-refractivity contribution in [3.63, 3.8) is 0 Å². The topological polar surface area (TPSA) is 58.5 Å². The molecule has 1 unspecified atom stereocenters. The third-order valence-corrected chi connectivity index (χ3v) is 5.10. The van der Waals surface area contributed by atoms with E-state index in [2.05, 4.69) is 9.71 Å². The van der Waals surface area contributed by atoms with E-state index in [4.69, 9.17) is 13.0 Å². The zero-order chi connectivity index (χ0) is 16.8. The van der Waals surface area contributed by atoms with Crippen molar-refractivity contribution in [3.05, 3.63) is 59.4 Å². The lowest BCUT2D eigenvalue weighted by atomic mass is 9.91. The van der Waals surface area contributed by atoms with Gasteiger partial charge in [-0.25, -0.2) is 4.39 Å². The summed E-state index contributed by atoms with van der Waals surface area (Å²) in [6.45, 7) is 1.71. The second kappa shape index (κ2) is 5.37. The number of amidine groups is 1. The summed E-state index contributed by atoms with van der Waals surface area (Å²) in [7, 11) is -3.94. The van der Waals surface area contributed by atoms with Gasteiger partial charge in [0.15, 0.2) is 0 Å². The number of anilines is 1. The van der Waals surface area contributed by atoms with Crippen molar-refractivity contribution in [1.82, 2.24) is 0 Å². The van der Waals surface area contributed by atoms with Crippen LogP contribution < -0.4 is 5.32 Å². The Morgan fingerprint density at radius 2 is 2.00 bits per heavy atom. The maximum atomic E-state index is 14.1. The van der Waals surface area contributed by atoms with Gasteiger partial charge in [0.05, 0.1) is 7.06 Å². The molecule has 3 rings (SSSR count). The molecule has 1 aliphatic rings. The lowest BCUT2D eigenvalue weighted by molar-refractivity contribution is 0.597. The van der Waals surface area contributed by atoms with E-state index in [1.807, 2.05) is 0 Å². The monoisotopic (exact) mass is 339 g/mol. The number of para-hydroxylation sites is 1. The molecule has 0 saturated heterocycles. The molecule has 114 valence electrons. The molecule has 0 aromatic heterocycles. The lowest BCUT2D eigenvalue weighted by Crippen LogP contribution is -2.19. The third-order valence-electron chi connectivity index (χ3n) is 3.50. The largest absolute Gasteiger partial charge is 0.328 e. The number of fused-ring (bicyclic) bond motifs is 1. The lowest BCUT2D eigenvalue weighted by Gasteiger charge is -2.22. The Morgan fingerprint density at radius 1 is 1.27 bits per heavy atom. The summed E-state index contributed by atoms with van der Waals surface area (Å²) < 4.78 is 49.8. The van der Waals surface area contributed by atoms with Crippen LogP contribution in [0.2, 0.25) is 0 Å². The van der Waals surface area contributed by atoms with Gasteiger partial charge < -0.3 is 5.32 Å². The quantitative estimate of drug-likeness (QED) is 0.849. The van der Waals surface area contributed by atoms with E-state index in [9.17, 15) is 12.8 Å². The third kappa shape index (κ3) is 2.48. The highest BCUT2D eigenvalue weighted by molar-refractivity contribution is 7.90. The summed E-state index contributed by atoms with van der Waals surface area (Å²) in [6.07, 6.45) is 0. The fraction of sp³-hybridized carbons (Fsp3) is 0.133. The first-order valence-electron chi connectivity index (χ1n) is 6.96. The highest BCUT2D eigenvalue weighted by Gasteiger charge is 2.28. The van der Waals surface area contributed by atoms with Crippen molar-refractivity contribution in [2.24, 2.45) is 4.40 Å². The fourth-order valence-electron chi connectivity index (χ4n) is 2.44. The minimum atomic E-state index is -3.94. The summed E-state index contributed by atoms with van der Waals surface area (Å²) >= 11 is 5.76. The van der Waals surface area contributed by atoms with Crippen molar-refractivity contribution in [3.8, 4) is 0 Å². The van der Waals surface area contributed by atoms with E-state index in [0.29, 0.717) is 11.1 Å². The van der Waals surface area contributed by atoms with E-state index in [1.165, 1.54) is 18.2 Å². The molecule has 0 fully saturated rings. The van der Waals surface area contributed by atoms with E-state index in [1.54, 1.807) is 25.1 Å². The van der Waals surface area contributed by atoms with Gasteiger partial charge in [-0.2, -0.15) is 8.42 Å². The van der Waals surface area contributed by atoms with Crippen LogP contribution in [0.4, 0.5) is 10.1 Å². The smallest absolute Gasteiger partial charge is 0.287 e. The Kier molecular flexibility index (Phi) is 3.35. The molecular weight excluding hydrogens is 327 g/mol. The van der Waals surface area contributed by atoms with Crippen LogP contribution in [-0.4, -0.2) is 13.7 Å². The molecule has 0 radical (unpaired) electrons. The molecule has 0 bridgehead atoms. The molecule has 1 heterocycles. The molecule has 1 atom stereocenters. The highest BCUT2D eigenvalue weighted by Crippen LogP contribution is 2.37. The number of nitrogens with one attached hydrogen (secondary N) is 1. The summed E-state index contributed by atoms with van der Waals surface area (Å²) in [6, 6.07) is 8.93. The number of halogens is 2. The number of hydrogen-bond acceptors (Lipinski definition) is 3. The average Bonchev–Trinajstić information content (AvgIpc) is 2.45. The normalized spacial score (nSPS) is 17.8. The first-order chi connectivity index (χ1) is 10.8. The zero-order valence-corrected chi connectivity index (χ0v) is 13.0. The molecule has 22 heavy (non-hydrogen) atoms. The van der Waals surface area contributed by atoms with Gasteiger partial charge in [0, 0.05) is 5.92 Å². The molecule has 7 heteroatoms. The van der Waals surface area contributed by atoms with Gasteiger partial charge >= 0.3 is 0 Å². The summed E-state index contributed by atoms with van der Waals surface area (Å²) in [5.41, 5.74) is 0.893. The maximum Gasteiger partial charge on any atom is 0.287 e. The number of rotatable bonds is 2. The van der Waals surface area contributed by atoms with Crippen LogP contribution in [0.5, 0.6) is 0 Å². The Balaban J connectivity index is 2.25. The van der Waals surface area contributed by atoms with Gasteiger partial charge in [0.1, 0.15) is 10.7 Å². The Morgan fingerprint density at radius 3 is 2.73 bits per heavy atom. The van der Waals surface area contributed by atoms with E-state index >= 15 is 0 Å². The van der Waals surface area contributed by atoms with Crippen molar-refractivity contribution < 1.29 is 14.2 Å². The van der Waals surface area contributed by atoms with Gasteiger partial charge in [-0.05, 0) is 34.9 Å². The molecule has 0 saturated carbocycles. The molecule has 0 spiro atoms. The Bertz CT molecular complexity index is 931. The number of sulfonamides is 1. The molecule has 0 aliphatic carbocycles. The molecule has 2 aromatic rings. The van der Waals surface area contributed by atoms with Crippen LogP contribution in [0, 0.1) is 5.82 Å². The van der Waals surface area contributed by atoms with Crippen molar-refractivity contribution in [1.29, 1.82) is 0 Å². The van der Waals surface area contributed by atoms with E-state index in [-0.39, 0.29) is 21.9 Å². The van der Waals surface area contributed by atoms with Gasteiger partial charge in [-0.1, -0.05) is 37.2 Å². The zero-order valence-electron chi connectivity index (χ0n) is 12.5. The van der Waals surface area contributed by atoms with Crippen LogP contribution >= 0.6 is 11.6 Å². The van der Waals surface area contributed by atoms with Gasteiger partial charge in [0.2, 0.25) is 5.29 Å². The predicted molar refractivity (Wildman–Crippen MR) is 84.5 cm³/mol. The van der Waals surface area contributed by atoms with Crippen molar-refractivity contribution in [2.45, 2.75) is 17.7 Å². The second-order valence-corrected chi connectivity index (χ2v) is 6.79. The van der Waals surface area contributed by atoms with Gasteiger partial charge in [0.25, 0.3) is 10.0 Å².